The molecule has 256 valence electrons. The number of nitrogens with one attached hydrogen (secondary N) is 1. The fourth-order valence-corrected chi connectivity index (χ4v) is 4.35. The summed E-state index contributed by atoms with van der Waals surface area (Å²) in [6, 6.07) is 21.2. The van der Waals surface area contributed by atoms with Gasteiger partial charge in [0.1, 0.15) is 30.1 Å². The van der Waals surface area contributed by atoms with Crippen molar-refractivity contribution in [3.05, 3.63) is 102 Å². The van der Waals surface area contributed by atoms with E-state index in [2.05, 4.69) is 5.32 Å². The topological polar surface area (TPSA) is 147 Å². The van der Waals surface area contributed by atoms with Crippen molar-refractivity contribution in [1.82, 2.24) is 10.2 Å². The highest BCUT2D eigenvalue weighted by molar-refractivity contribution is 5.98. The van der Waals surface area contributed by atoms with Gasteiger partial charge in [-0.2, -0.15) is 0 Å². The number of likely N-dealkylation sites (N-methyl/N-ethyl adjacent to an activating group) is 1. The Kier molecular flexibility index (Phi) is 13.5. The highest BCUT2D eigenvalue weighted by Crippen LogP contribution is 2.19. The van der Waals surface area contributed by atoms with Crippen LogP contribution in [-0.4, -0.2) is 79.4 Å². The molecule has 0 bridgehead atoms. The Morgan fingerprint density at radius 2 is 1.40 bits per heavy atom. The zero-order valence-electron chi connectivity index (χ0n) is 28.0. The second kappa shape index (κ2) is 17.5. The number of rotatable bonds is 14. The number of Topliss-reactive ketones (excluding diaryl/α,β-unsaturated/α-hetero) is 1. The molecule has 1 N–H and O–H groups in total. The van der Waals surface area contributed by atoms with Crippen molar-refractivity contribution in [1.29, 1.82) is 0 Å². The second-order valence-electron chi connectivity index (χ2n) is 11.9. The molecule has 3 aromatic carbocycles. The van der Waals surface area contributed by atoms with Gasteiger partial charge < -0.3 is 29.0 Å². The fraction of sp³-hybridized carbons (Fsp3) is 0.361. The van der Waals surface area contributed by atoms with Gasteiger partial charge in [0.25, 0.3) is 0 Å². The van der Waals surface area contributed by atoms with Crippen molar-refractivity contribution < 1.29 is 47.7 Å². The largest absolute Gasteiger partial charge is 0.497 e. The molecule has 1 unspecified atom stereocenters. The molecule has 12 nitrogen and oxygen atoms in total. The van der Waals surface area contributed by atoms with Crippen molar-refractivity contribution in [3.63, 3.8) is 0 Å². The van der Waals surface area contributed by atoms with E-state index in [0.29, 0.717) is 22.4 Å². The van der Waals surface area contributed by atoms with Crippen LogP contribution < -0.4 is 10.1 Å². The van der Waals surface area contributed by atoms with E-state index in [9.17, 15) is 24.0 Å². The van der Waals surface area contributed by atoms with E-state index in [1.165, 1.54) is 21.1 Å². The number of esters is 2. The quantitative estimate of drug-likeness (QED) is 0.140. The van der Waals surface area contributed by atoms with Crippen LogP contribution in [0.5, 0.6) is 5.75 Å². The first-order valence-electron chi connectivity index (χ1n) is 15.3. The number of ketones is 1. The monoisotopic (exact) mass is 662 g/mol. The first-order chi connectivity index (χ1) is 22.8. The molecule has 12 heteroatoms. The number of amides is 2. The van der Waals surface area contributed by atoms with Crippen LogP contribution in [0.2, 0.25) is 0 Å². The molecule has 0 heterocycles. The molecule has 0 aliphatic carbocycles. The first kappa shape index (κ1) is 37.1. The van der Waals surface area contributed by atoms with Crippen LogP contribution in [0.25, 0.3) is 0 Å². The molecule has 0 aromatic heterocycles. The third-order valence-electron chi connectivity index (χ3n) is 6.96. The zero-order chi connectivity index (χ0) is 35.3. The molecule has 0 saturated heterocycles. The summed E-state index contributed by atoms with van der Waals surface area (Å²) in [6.45, 7) is 5.73. The number of nitrogens with zero attached hydrogens (tertiary/aromatic N) is 1. The van der Waals surface area contributed by atoms with E-state index < -0.39 is 60.3 Å². The lowest BCUT2D eigenvalue weighted by Crippen LogP contribution is -2.53. The van der Waals surface area contributed by atoms with Gasteiger partial charge in [0.05, 0.1) is 7.11 Å². The predicted octanol–water partition coefficient (Wildman–Crippen LogP) is 5.13. The minimum atomic E-state index is -1.57. The number of carbonyl (C=O) groups excluding carboxylic acids is 5. The van der Waals surface area contributed by atoms with Crippen molar-refractivity contribution in [2.24, 2.45) is 0 Å². The van der Waals surface area contributed by atoms with Crippen LogP contribution in [0.4, 0.5) is 9.59 Å². The first-order valence-corrected chi connectivity index (χ1v) is 15.3. The van der Waals surface area contributed by atoms with E-state index in [4.69, 9.17) is 23.7 Å². The third kappa shape index (κ3) is 11.8. The van der Waals surface area contributed by atoms with E-state index in [1.54, 1.807) is 99.6 Å². The molecule has 0 aliphatic heterocycles. The van der Waals surface area contributed by atoms with Crippen LogP contribution in [0.3, 0.4) is 0 Å². The number of hydrogen-bond donors (Lipinski definition) is 1. The van der Waals surface area contributed by atoms with Crippen molar-refractivity contribution in [2.45, 2.75) is 64.5 Å². The summed E-state index contributed by atoms with van der Waals surface area (Å²) in [5.74, 6) is -1.80. The lowest BCUT2D eigenvalue weighted by atomic mass is 10.0. The van der Waals surface area contributed by atoms with Crippen molar-refractivity contribution >= 4 is 29.9 Å². The van der Waals surface area contributed by atoms with Crippen LogP contribution in [-0.2, 0) is 41.6 Å². The molecule has 0 saturated carbocycles. The molecule has 2 amide bonds. The Bertz CT molecular complexity index is 1520. The number of carbonyl (C=O) groups is 5. The van der Waals surface area contributed by atoms with E-state index >= 15 is 0 Å². The fourth-order valence-electron chi connectivity index (χ4n) is 4.35. The minimum Gasteiger partial charge on any atom is -0.497 e. The van der Waals surface area contributed by atoms with Crippen LogP contribution in [0, 0.1) is 0 Å². The smallest absolute Gasteiger partial charge is 0.410 e. The Hall–Kier alpha value is -5.39. The lowest BCUT2D eigenvalue weighted by molar-refractivity contribution is -0.160. The number of alkyl carbamates (subject to hydrolysis) is 1. The number of ether oxygens (including phenoxy) is 5. The van der Waals surface area contributed by atoms with Gasteiger partial charge in [-0.3, -0.25) is 9.69 Å². The normalized spacial score (nSPS) is 12.8. The van der Waals surface area contributed by atoms with Crippen molar-refractivity contribution in [2.75, 3.05) is 20.8 Å². The minimum absolute atomic E-state index is 0.0263. The Labute approximate surface area is 280 Å². The number of benzene rings is 3. The maximum atomic E-state index is 13.7. The van der Waals surface area contributed by atoms with Crippen molar-refractivity contribution in [3.8, 4) is 5.75 Å². The summed E-state index contributed by atoms with van der Waals surface area (Å²) < 4.78 is 26.9. The highest BCUT2D eigenvalue weighted by atomic mass is 16.6. The lowest BCUT2D eigenvalue weighted by Gasteiger charge is -2.31. The average Bonchev–Trinajstić information content (AvgIpc) is 3.07. The van der Waals surface area contributed by atoms with Crippen LogP contribution in [0.1, 0.15) is 49.2 Å². The van der Waals surface area contributed by atoms with Gasteiger partial charge in [0, 0.05) is 19.0 Å². The average molecular weight is 663 g/mol. The Morgan fingerprint density at radius 1 is 0.792 bits per heavy atom. The molecular formula is C36H42N2O10. The molecule has 3 atom stereocenters. The standard InChI is InChI=1S/C36H42N2O10/c1-24(47-32(40)29(38(5)35(43)48-36(2,3)4)21-25-17-19-28(44-6)20-18-25)31(37-34(42)46-22-26-13-9-7-10-14-26)33(41)45-23-30(39)27-15-11-8-12-16-27/h7-20,24,29,31H,21-23H2,1-6H3,(H,37,42)/t24?,29-,31-/m0/s1. The second-order valence-corrected chi connectivity index (χ2v) is 11.9. The molecular weight excluding hydrogens is 620 g/mol. The molecule has 0 fully saturated rings. The van der Waals surface area contributed by atoms with E-state index in [-0.39, 0.29) is 13.0 Å². The Balaban J connectivity index is 1.81. The molecule has 3 aromatic rings. The summed E-state index contributed by atoms with van der Waals surface area (Å²) in [5.41, 5.74) is 0.858. The summed E-state index contributed by atoms with van der Waals surface area (Å²) in [7, 11) is 2.92. The summed E-state index contributed by atoms with van der Waals surface area (Å²) in [5, 5.41) is 2.40. The molecule has 48 heavy (non-hydrogen) atoms. The molecule has 0 spiro atoms. The summed E-state index contributed by atoms with van der Waals surface area (Å²) >= 11 is 0. The van der Waals surface area contributed by atoms with Gasteiger partial charge in [0.2, 0.25) is 0 Å². The zero-order valence-corrected chi connectivity index (χ0v) is 28.0. The molecule has 0 radical (unpaired) electrons. The van der Waals surface area contributed by atoms with Gasteiger partial charge >= 0.3 is 24.1 Å². The SMILES string of the molecule is COc1ccc(C[C@@H](C(=O)OC(C)[C@H](NC(=O)OCc2ccccc2)C(=O)OCC(=O)c2ccccc2)N(C)C(=O)OC(C)(C)C)cc1. The highest BCUT2D eigenvalue weighted by Gasteiger charge is 2.37. The molecule has 0 aliphatic rings. The predicted molar refractivity (Wildman–Crippen MR) is 175 cm³/mol. The van der Waals surface area contributed by atoms with Gasteiger partial charge in [0.15, 0.2) is 18.4 Å². The number of hydrogen-bond acceptors (Lipinski definition) is 10. The van der Waals surface area contributed by atoms with Gasteiger partial charge in [-0.1, -0.05) is 72.8 Å². The van der Waals surface area contributed by atoms with Gasteiger partial charge in [-0.05, 0) is 51.0 Å². The van der Waals surface area contributed by atoms with Gasteiger partial charge in [-0.25, -0.2) is 19.2 Å². The maximum Gasteiger partial charge on any atom is 0.410 e. The molecule has 3 rings (SSSR count). The maximum absolute atomic E-state index is 13.7. The summed E-state index contributed by atoms with van der Waals surface area (Å²) in [6.07, 6.45) is -3.06. The van der Waals surface area contributed by atoms with Crippen LogP contribution >= 0.6 is 0 Å². The third-order valence-corrected chi connectivity index (χ3v) is 6.96. The number of methoxy groups -OCH3 is 1. The summed E-state index contributed by atoms with van der Waals surface area (Å²) in [4.78, 5) is 66.6. The van der Waals surface area contributed by atoms with E-state index in [1.807, 2.05) is 6.07 Å². The Morgan fingerprint density at radius 3 is 1.98 bits per heavy atom. The van der Waals surface area contributed by atoms with Gasteiger partial charge in [-0.15, -0.1) is 0 Å². The van der Waals surface area contributed by atoms with E-state index in [0.717, 1.165) is 4.90 Å². The van der Waals surface area contributed by atoms with Crippen LogP contribution in [0.15, 0.2) is 84.9 Å².